The zero-order valence-electron chi connectivity index (χ0n) is 15.4. The quantitative estimate of drug-likeness (QED) is 0.315. The van der Waals surface area contributed by atoms with E-state index < -0.39 is 0 Å². The summed E-state index contributed by atoms with van der Waals surface area (Å²) in [5.74, 6) is 0.296. The lowest BCUT2D eigenvalue weighted by Gasteiger charge is -2.09. The average molecular weight is 399 g/mol. The van der Waals surface area contributed by atoms with Crippen molar-refractivity contribution < 1.29 is 9.66 Å². The maximum Gasteiger partial charge on any atom is 0.311 e. The van der Waals surface area contributed by atoms with Gasteiger partial charge in [0.15, 0.2) is 5.75 Å². The van der Waals surface area contributed by atoms with Gasteiger partial charge in [-0.3, -0.25) is 10.1 Å². The highest BCUT2D eigenvalue weighted by Gasteiger charge is 2.16. The first-order valence-electron chi connectivity index (χ1n) is 8.91. The van der Waals surface area contributed by atoms with Gasteiger partial charge in [0.2, 0.25) is 0 Å². The van der Waals surface area contributed by atoms with Gasteiger partial charge in [-0.05, 0) is 35.7 Å². The van der Waals surface area contributed by atoms with E-state index in [1.54, 1.807) is 12.1 Å². The van der Waals surface area contributed by atoms with Gasteiger partial charge in [-0.25, -0.2) is 0 Å². The van der Waals surface area contributed by atoms with Crippen molar-refractivity contribution in [3.05, 3.63) is 106 Å². The first kappa shape index (κ1) is 21.4. The maximum atomic E-state index is 11.4. The SMILES string of the molecule is Cl.O=[N+]([O-])c1cc(CCNCc2ccccc2)ccc1OCc1ccccc1. The smallest absolute Gasteiger partial charge is 0.311 e. The summed E-state index contributed by atoms with van der Waals surface area (Å²) in [7, 11) is 0. The first-order valence-corrected chi connectivity index (χ1v) is 8.91. The molecule has 0 spiro atoms. The molecule has 146 valence electrons. The summed E-state index contributed by atoms with van der Waals surface area (Å²) in [6.07, 6.45) is 0.715. The molecule has 3 aromatic carbocycles. The lowest BCUT2D eigenvalue weighted by Crippen LogP contribution is -2.16. The molecule has 0 fully saturated rings. The van der Waals surface area contributed by atoms with Crippen LogP contribution in [0.25, 0.3) is 0 Å². The fraction of sp³-hybridized carbons (Fsp3) is 0.182. The van der Waals surface area contributed by atoms with E-state index in [0.29, 0.717) is 18.8 Å². The van der Waals surface area contributed by atoms with Gasteiger partial charge in [0.05, 0.1) is 4.92 Å². The highest BCUT2D eigenvalue weighted by molar-refractivity contribution is 5.85. The van der Waals surface area contributed by atoms with Crippen molar-refractivity contribution in [3.8, 4) is 5.75 Å². The number of hydrogen-bond acceptors (Lipinski definition) is 4. The summed E-state index contributed by atoms with van der Waals surface area (Å²) in [6.45, 7) is 1.83. The predicted octanol–water partition coefficient (Wildman–Crippen LogP) is 4.93. The molecule has 0 aromatic heterocycles. The number of nitro benzene ring substituents is 1. The summed E-state index contributed by atoms with van der Waals surface area (Å²) in [5.41, 5.74) is 3.11. The van der Waals surface area contributed by atoms with Crippen LogP contribution in [0.1, 0.15) is 16.7 Å². The molecule has 0 amide bonds. The average Bonchev–Trinajstić information content (AvgIpc) is 2.71. The van der Waals surface area contributed by atoms with Crippen LogP contribution in [0.2, 0.25) is 0 Å². The van der Waals surface area contributed by atoms with Gasteiger partial charge in [-0.1, -0.05) is 66.7 Å². The minimum absolute atomic E-state index is 0. The van der Waals surface area contributed by atoms with Crippen LogP contribution in [0.5, 0.6) is 5.75 Å². The Morgan fingerprint density at radius 1 is 0.857 bits per heavy atom. The van der Waals surface area contributed by atoms with Gasteiger partial charge in [-0.15, -0.1) is 12.4 Å². The van der Waals surface area contributed by atoms with E-state index in [-0.39, 0.29) is 23.0 Å². The Morgan fingerprint density at radius 3 is 2.14 bits per heavy atom. The summed E-state index contributed by atoms with van der Waals surface area (Å²) in [4.78, 5) is 11.0. The van der Waals surface area contributed by atoms with Gasteiger partial charge < -0.3 is 10.1 Å². The highest BCUT2D eigenvalue weighted by atomic mass is 35.5. The van der Waals surface area contributed by atoms with E-state index in [4.69, 9.17) is 4.74 Å². The van der Waals surface area contributed by atoms with Crippen molar-refractivity contribution >= 4 is 18.1 Å². The fourth-order valence-corrected chi connectivity index (χ4v) is 2.78. The van der Waals surface area contributed by atoms with Crippen molar-refractivity contribution in [2.45, 2.75) is 19.6 Å². The number of nitrogens with one attached hydrogen (secondary N) is 1. The second-order valence-corrected chi connectivity index (χ2v) is 6.25. The number of rotatable bonds is 9. The summed E-state index contributed by atoms with van der Waals surface area (Å²) < 4.78 is 5.67. The third kappa shape index (κ3) is 6.37. The molecule has 0 aliphatic heterocycles. The van der Waals surface area contributed by atoms with E-state index >= 15 is 0 Å². The Morgan fingerprint density at radius 2 is 1.50 bits per heavy atom. The molecule has 5 nitrogen and oxygen atoms in total. The number of halogens is 1. The van der Waals surface area contributed by atoms with Crippen LogP contribution < -0.4 is 10.1 Å². The van der Waals surface area contributed by atoms with Gasteiger partial charge in [0.1, 0.15) is 6.61 Å². The van der Waals surface area contributed by atoms with Gasteiger partial charge in [0, 0.05) is 12.6 Å². The van der Waals surface area contributed by atoms with Crippen molar-refractivity contribution in [2.24, 2.45) is 0 Å². The Kier molecular flexibility index (Phi) is 8.46. The van der Waals surface area contributed by atoms with Crippen LogP contribution >= 0.6 is 12.4 Å². The van der Waals surface area contributed by atoms with E-state index in [1.165, 1.54) is 5.56 Å². The monoisotopic (exact) mass is 398 g/mol. The van der Waals surface area contributed by atoms with Crippen molar-refractivity contribution in [1.82, 2.24) is 5.32 Å². The van der Waals surface area contributed by atoms with Crippen LogP contribution in [0.4, 0.5) is 5.69 Å². The second-order valence-electron chi connectivity index (χ2n) is 6.25. The molecule has 0 aliphatic rings. The van der Waals surface area contributed by atoms with Crippen LogP contribution in [-0.2, 0) is 19.6 Å². The number of ether oxygens (including phenoxy) is 1. The Labute approximate surface area is 170 Å². The molecule has 0 heterocycles. The molecule has 0 radical (unpaired) electrons. The summed E-state index contributed by atoms with van der Waals surface area (Å²) >= 11 is 0. The van der Waals surface area contributed by atoms with Gasteiger partial charge in [0.25, 0.3) is 0 Å². The van der Waals surface area contributed by atoms with Gasteiger partial charge >= 0.3 is 5.69 Å². The summed E-state index contributed by atoms with van der Waals surface area (Å²) in [6, 6.07) is 24.9. The lowest BCUT2D eigenvalue weighted by molar-refractivity contribution is -0.386. The molecular formula is C22H23ClN2O3. The van der Waals surface area contributed by atoms with Crippen LogP contribution in [0.3, 0.4) is 0 Å². The third-order valence-electron chi connectivity index (χ3n) is 4.22. The van der Waals surface area contributed by atoms with E-state index in [2.05, 4.69) is 17.4 Å². The van der Waals surface area contributed by atoms with Crippen molar-refractivity contribution in [2.75, 3.05) is 6.54 Å². The van der Waals surface area contributed by atoms with Crippen LogP contribution in [-0.4, -0.2) is 11.5 Å². The maximum absolute atomic E-state index is 11.4. The highest BCUT2D eigenvalue weighted by Crippen LogP contribution is 2.29. The Hall–Kier alpha value is -2.89. The second kappa shape index (κ2) is 11.1. The third-order valence-corrected chi connectivity index (χ3v) is 4.22. The largest absolute Gasteiger partial charge is 0.482 e. The fourth-order valence-electron chi connectivity index (χ4n) is 2.78. The molecule has 0 saturated heterocycles. The van der Waals surface area contributed by atoms with Gasteiger partial charge in [-0.2, -0.15) is 0 Å². The molecule has 0 aliphatic carbocycles. The minimum atomic E-state index is -0.388. The summed E-state index contributed by atoms with van der Waals surface area (Å²) in [5, 5.41) is 14.8. The molecule has 0 saturated carbocycles. The Balaban J connectivity index is 0.00000280. The Bertz CT molecular complexity index is 873. The zero-order valence-corrected chi connectivity index (χ0v) is 16.2. The lowest BCUT2D eigenvalue weighted by atomic mass is 10.1. The number of benzene rings is 3. The molecule has 1 N–H and O–H groups in total. The van der Waals surface area contributed by atoms with E-state index in [1.807, 2.05) is 54.6 Å². The normalized spacial score (nSPS) is 10.1. The predicted molar refractivity (Wildman–Crippen MR) is 113 cm³/mol. The molecular weight excluding hydrogens is 376 g/mol. The molecule has 0 unspecified atom stereocenters. The topological polar surface area (TPSA) is 64.4 Å². The molecule has 3 rings (SSSR count). The number of hydrogen-bond donors (Lipinski definition) is 1. The van der Waals surface area contributed by atoms with Crippen LogP contribution in [0.15, 0.2) is 78.9 Å². The molecule has 28 heavy (non-hydrogen) atoms. The van der Waals surface area contributed by atoms with Crippen molar-refractivity contribution in [1.29, 1.82) is 0 Å². The van der Waals surface area contributed by atoms with E-state index in [0.717, 1.165) is 24.2 Å². The zero-order chi connectivity index (χ0) is 18.9. The number of nitro groups is 1. The minimum Gasteiger partial charge on any atom is -0.482 e. The van der Waals surface area contributed by atoms with Crippen LogP contribution in [0, 0.1) is 10.1 Å². The first-order chi connectivity index (χ1) is 13.2. The number of nitrogens with zero attached hydrogens (tertiary/aromatic N) is 1. The molecule has 6 heteroatoms. The van der Waals surface area contributed by atoms with Crippen molar-refractivity contribution in [3.63, 3.8) is 0 Å². The molecule has 0 bridgehead atoms. The standard InChI is InChI=1S/C22H22N2O3.ClH/c25-24(26)21-15-18(13-14-23-16-19-7-3-1-4-8-19)11-12-22(21)27-17-20-9-5-2-6-10-20;/h1-12,15,23H,13-14,16-17H2;1H. The van der Waals surface area contributed by atoms with E-state index in [9.17, 15) is 10.1 Å². The molecule has 0 atom stereocenters. The molecule has 3 aromatic rings.